The van der Waals surface area contributed by atoms with Gasteiger partial charge < -0.3 is 0 Å². The zero-order valence-corrected chi connectivity index (χ0v) is 8.69. The molecule has 0 aromatic carbocycles. The molecule has 2 atom stereocenters. The zero-order chi connectivity index (χ0) is 8.69. The van der Waals surface area contributed by atoms with E-state index in [1.165, 1.54) is 32.1 Å². The number of hydrogen-bond donors (Lipinski definition) is 0. The third kappa shape index (κ3) is 6.46. The Labute approximate surface area is 73.2 Å². The molecule has 1 heteroatoms. The summed E-state index contributed by atoms with van der Waals surface area (Å²) in [6, 6.07) is 0. The highest BCUT2D eigenvalue weighted by atomic mass is 14.1. The average Bonchev–Trinajstić information content (AvgIpc) is 1.87. The Balaban J connectivity index is 3.32. The van der Waals surface area contributed by atoms with Gasteiger partial charge in [0.15, 0.2) is 0 Å². The Hall–Kier alpha value is 0.0649. The quantitative estimate of drug-likeness (QED) is 0.516. The van der Waals surface area contributed by atoms with Crippen molar-refractivity contribution < 1.29 is 0 Å². The Morgan fingerprint density at radius 3 is 2.09 bits per heavy atom. The van der Waals surface area contributed by atoms with Crippen LogP contribution >= 0.6 is 0 Å². The largest absolute Gasteiger partial charge is 0.105 e. The van der Waals surface area contributed by atoms with Crippen molar-refractivity contribution in [2.24, 2.45) is 5.92 Å². The summed E-state index contributed by atoms with van der Waals surface area (Å²) >= 11 is 0. The van der Waals surface area contributed by atoms with Crippen molar-refractivity contribution in [1.82, 2.24) is 0 Å². The molecule has 0 spiro atoms. The van der Waals surface area contributed by atoms with Crippen LogP contribution in [-0.4, -0.2) is 7.85 Å². The van der Waals surface area contributed by atoms with Gasteiger partial charge >= 0.3 is 0 Å². The molecule has 0 saturated carbocycles. The fourth-order valence-electron chi connectivity index (χ4n) is 1.91. The van der Waals surface area contributed by atoms with Gasteiger partial charge in [-0.1, -0.05) is 58.7 Å². The minimum atomic E-state index is 0.946. The van der Waals surface area contributed by atoms with Crippen LogP contribution in [0.1, 0.15) is 52.9 Å². The van der Waals surface area contributed by atoms with E-state index in [2.05, 4.69) is 28.6 Å². The van der Waals surface area contributed by atoms with Gasteiger partial charge in [0.2, 0.25) is 0 Å². The van der Waals surface area contributed by atoms with E-state index in [1.807, 2.05) is 0 Å². The maximum atomic E-state index is 2.38. The molecule has 0 aliphatic carbocycles. The SMILES string of the molecule is BC(CCC)CC(C)CCC. The molecule has 0 N–H and O–H groups in total. The van der Waals surface area contributed by atoms with Crippen molar-refractivity contribution in [3.8, 4) is 0 Å². The maximum Gasteiger partial charge on any atom is 0.105 e. The summed E-state index contributed by atoms with van der Waals surface area (Å²) in [6.45, 7) is 6.94. The highest BCUT2D eigenvalue weighted by molar-refractivity contribution is 6.11. The predicted octanol–water partition coefficient (Wildman–Crippen LogP) is 3.03. The number of rotatable bonds is 6. The van der Waals surface area contributed by atoms with E-state index in [9.17, 15) is 0 Å². The zero-order valence-electron chi connectivity index (χ0n) is 8.69. The van der Waals surface area contributed by atoms with Crippen LogP contribution in [-0.2, 0) is 0 Å². The van der Waals surface area contributed by atoms with Crippen molar-refractivity contribution in [2.45, 2.75) is 58.7 Å². The molecule has 0 heterocycles. The lowest BCUT2D eigenvalue weighted by Crippen LogP contribution is -2.00. The Morgan fingerprint density at radius 2 is 1.64 bits per heavy atom. The minimum absolute atomic E-state index is 0.946. The van der Waals surface area contributed by atoms with Crippen molar-refractivity contribution in [3.05, 3.63) is 0 Å². The summed E-state index contributed by atoms with van der Waals surface area (Å²) in [5.41, 5.74) is 0. The first kappa shape index (κ1) is 11.1. The van der Waals surface area contributed by atoms with Gasteiger partial charge in [-0.15, -0.1) is 0 Å². The molecule has 0 aliphatic heterocycles. The van der Waals surface area contributed by atoms with Crippen molar-refractivity contribution >= 4 is 7.85 Å². The van der Waals surface area contributed by atoms with Crippen molar-refractivity contribution in [3.63, 3.8) is 0 Å². The standard InChI is InChI=1S/C10H23B/c1-4-6-9(3)8-10(11)7-5-2/h9-10H,4-8,11H2,1-3H3. The Kier molecular flexibility index (Phi) is 6.80. The fourth-order valence-corrected chi connectivity index (χ4v) is 1.91. The molecule has 0 amide bonds. The van der Waals surface area contributed by atoms with Crippen LogP contribution in [0.3, 0.4) is 0 Å². The van der Waals surface area contributed by atoms with Gasteiger partial charge in [-0.2, -0.15) is 0 Å². The van der Waals surface area contributed by atoms with Crippen LogP contribution in [0.15, 0.2) is 0 Å². The van der Waals surface area contributed by atoms with Crippen LogP contribution in [0.4, 0.5) is 0 Å². The molecule has 0 fully saturated rings. The molecule has 0 radical (unpaired) electrons. The third-order valence-electron chi connectivity index (χ3n) is 2.37. The lowest BCUT2D eigenvalue weighted by molar-refractivity contribution is 0.459. The summed E-state index contributed by atoms with van der Waals surface area (Å²) in [4.78, 5) is 0. The highest BCUT2D eigenvalue weighted by Gasteiger charge is 2.06. The smallest absolute Gasteiger partial charge is 0.0695 e. The first-order valence-corrected chi connectivity index (χ1v) is 5.20. The van der Waals surface area contributed by atoms with E-state index in [-0.39, 0.29) is 0 Å². The molecule has 0 aliphatic rings. The molecular formula is C10H23B. The maximum absolute atomic E-state index is 2.38. The van der Waals surface area contributed by atoms with Crippen LogP contribution in [0.5, 0.6) is 0 Å². The summed E-state index contributed by atoms with van der Waals surface area (Å²) in [5, 5.41) is 0. The molecule has 0 saturated heterocycles. The van der Waals surface area contributed by atoms with Gasteiger partial charge in [-0.05, 0) is 5.92 Å². The molecule has 66 valence electrons. The van der Waals surface area contributed by atoms with Crippen LogP contribution < -0.4 is 0 Å². The van der Waals surface area contributed by atoms with Crippen LogP contribution in [0, 0.1) is 5.92 Å². The first-order valence-electron chi connectivity index (χ1n) is 5.20. The third-order valence-corrected chi connectivity index (χ3v) is 2.37. The summed E-state index contributed by atoms with van der Waals surface area (Å²) in [5.74, 6) is 1.89. The average molecular weight is 154 g/mol. The normalized spacial score (nSPS) is 16.3. The molecule has 0 aromatic heterocycles. The van der Waals surface area contributed by atoms with E-state index in [1.54, 1.807) is 0 Å². The predicted molar refractivity (Wildman–Crippen MR) is 55.9 cm³/mol. The van der Waals surface area contributed by atoms with Gasteiger partial charge in [-0.25, -0.2) is 0 Å². The Morgan fingerprint density at radius 1 is 1.09 bits per heavy atom. The van der Waals surface area contributed by atoms with Crippen LogP contribution in [0.2, 0.25) is 5.82 Å². The van der Waals surface area contributed by atoms with Gasteiger partial charge in [0.25, 0.3) is 0 Å². The van der Waals surface area contributed by atoms with E-state index >= 15 is 0 Å². The summed E-state index contributed by atoms with van der Waals surface area (Å²) in [7, 11) is 2.38. The fraction of sp³-hybridized carbons (Fsp3) is 1.00. The Bertz CT molecular complexity index is 70.9. The lowest BCUT2D eigenvalue weighted by atomic mass is 9.76. The number of hydrogen-bond acceptors (Lipinski definition) is 0. The molecule has 0 rings (SSSR count). The molecular weight excluding hydrogens is 131 g/mol. The van der Waals surface area contributed by atoms with E-state index in [4.69, 9.17) is 0 Å². The topological polar surface area (TPSA) is 0 Å². The van der Waals surface area contributed by atoms with Gasteiger partial charge in [0.05, 0.1) is 0 Å². The second-order valence-corrected chi connectivity index (χ2v) is 4.02. The lowest BCUT2D eigenvalue weighted by Gasteiger charge is -2.15. The summed E-state index contributed by atoms with van der Waals surface area (Å²) < 4.78 is 0. The van der Waals surface area contributed by atoms with Crippen molar-refractivity contribution in [1.29, 1.82) is 0 Å². The highest BCUT2D eigenvalue weighted by Crippen LogP contribution is 2.22. The second-order valence-electron chi connectivity index (χ2n) is 4.02. The first-order chi connectivity index (χ1) is 5.20. The van der Waals surface area contributed by atoms with Crippen LogP contribution in [0.25, 0.3) is 0 Å². The van der Waals surface area contributed by atoms with E-state index < -0.39 is 0 Å². The van der Waals surface area contributed by atoms with Gasteiger partial charge in [0.1, 0.15) is 7.85 Å². The molecule has 0 bridgehead atoms. The molecule has 2 unspecified atom stereocenters. The van der Waals surface area contributed by atoms with Gasteiger partial charge in [0, 0.05) is 0 Å². The molecule has 0 nitrogen and oxygen atoms in total. The van der Waals surface area contributed by atoms with Crippen molar-refractivity contribution in [2.75, 3.05) is 0 Å². The van der Waals surface area contributed by atoms with E-state index in [0.717, 1.165) is 11.7 Å². The minimum Gasteiger partial charge on any atom is -0.0695 e. The van der Waals surface area contributed by atoms with E-state index in [0.29, 0.717) is 0 Å². The second kappa shape index (κ2) is 6.76. The molecule has 0 aromatic rings. The molecule has 11 heavy (non-hydrogen) atoms. The summed E-state index contributed by atoms with van der Waals surface area (Å²) in [6.07, 6.45) is 6.95. The van der Waals surface area contributed by atoms with Gasteiger partial charge in [-0.3, -0.25) is 0 Å². The monoisotopic (exact) mass is 154 g/mol.